The zero-order valence-electron chi connectivity index (χ0n) is 11.1. The first-order chi connectivity index (χ1) is 8.54. The molecule has 0 radical (unpaired) electrons. The highest BCUT2D eigenvalue weighted by Crippen LogP contribution is 2.17. The fourth-order valence-corrected chi connectivity index (χ4v) is 1.95. The standard InChI is InChI=1S/C13H20BrN3O/c1-9(2)5-4-6-16-13(18)11-7-10(14)8-17-12(11)15-3/h7-9H,4-6H2,1-3H3,(H,15,17)(H,16,18). The van der Waals surface area contributed by atoms with Crippen LogP contribution in [0.1, 0.15) is 37.0 Å². The van der Waals surface area contributed by atoms with Crippen LogP contribution < -0.4 is 10.6 Å². The van der Waals surface area contributed by atoms with Gasteiger partial charge in [0.2, 0.25) is 0 Å². The smallest absolute Gasteiger partial charge is 0.255 e. The van der Waals surface area contributed by atoms with Crippen molar-refractivity contribution in [2.24, 2.45) is 5.92 Å². The molecule has 4 nitrogen and oxygen atoms in total. The summed E-state index contributed by atoms with van der Waals surface area (Å²) in [5.41, 5.74) is 0.566. The predicted octanol–water partition coefficient (Wildman–Crippen LogP) is 3.05. The van der Waals surface area contributed by atoms with E-state index in [1.165, 1.54) is 0 Å². The molecule has 1 rings (SSSR count). The minimum Gasteiger partial charge on any atom is -0.372 e. The summed E-state index contributed by atoms with van der Waals surface area (Å²) in [5.74, 6) is 1.18. The van der Waals surface area contributed by atoms with Crippen molar-refractivity contribution in [1.82, 2.24) is 10.3 Å². The SMILES string of the molecule is CNc1ncc(Br)cc1C(=O)NCCCC(C)C. The zero-order chi connectivity index (χ0) is 13.5. The first-order valence-corrected chi connectivity index (χ1v) is 6.95. The molecule has 0 aromatic carbocycles. The van der Waals surface area contributed by atoms with Gasteiger partial charge in [0.15, 0.2) is 0 Å². The van der Waals surface area contributed by atoms with Crippen LogP contribution in [0.5, 0.6) is 0 Å². The number of carbonyl (C=O) groups excluding carboxylic acids is 1. The van der Waals surface area contributed by atoms with E-state index < -0.39 is 0 Å². The van der Waals surface area contributed by atoms with Crippen molar-refractivity contribution >= 4 is 27.7 Å². The van der Waals surface area contributed by atoms with Gasteiger partial charge in [-0.05, 0) is 40.8 Å². The highest BCUT2D eigenvalue weighted by molar-refractivity contribution is 9.10. The van der Waals surface area contributed by atoms with E-state index in [1.807, 2.05) is 0 Å². The first kappa shape index (κ1) is 15.0. The molecule has 1 aromatic rings. The Kier molecular flexibility index (Phi) is 6.12. The largest absolute Gasteiger partial charge is 0.372 e. The van der Waals surface area contributed by atoms with Crippen LogP contribution >= 0.6 is 15.9 Å². The van der Waals surface area contributed by atoms with E-state index >= 15 is 0 Å². The van der Waals surface area contributed by atoms with Crippen LogP contribution in [0.15, 0.2) is 16.7 Å². The molecule has 0 aliphatic carbocycles. The highest BCUT2D eigenvalue weighted by Gasteiger charge is 2.11. The van der Waals surface area contributed by atoms with E-state index in [-0.39, 0.29) is 5.91 Å². The number of rotatable bonds is 6. The van der Waals surface area contributed by atoms with Crippen LogP contribution in [-0.4, -0.2) is 24.5 Å². The molecule has 0 fully saturated rings. The molecule has 0 spiro atoms. The quantitative estimate of drug-likeness (QED) is 0.794. The third kappa shape index (κ3) is 4.64. The van der Waals surface area contributed by atoms with Gasteiger partial charge in [0.25, 0.3) is 5.91 Å². The van der Waals surface area contributed by atoms with Crippen molar-refractivity contribution in [3.63, 3.8) is 0 Å². The second kappa shape index (κ2) is 7.36. The van der Waals surface area contributed by atoms with Gasteiger partial charge in [0, 0.05) is 24.3 Å². The van der Waals surface area contributed by atoms with E-state index in [1.54, 1.807) is 19.3 Å². The number of pyridine rings is 1. The van der Waals surface area contributed by atoms with Crippen molar-refractivity contribution in [1.29, 1.82) is 0 Å². The molecule has 1 amide bonds. The molecule has 0 aliphatic rings. The van der Waals surface area contributed by atoms with Gasteiger partial charge in [-0.2, -0.15) is 0 Å². The molecule has 0 saturated carbocycles. The molecular formula is C13H20BrN3O. The van der Waals surface area contributed by atoms with Crippen LogP contribution in [0, 0.1) is 5.92 Å². The van der Waals surface area contributed by atoms with E-state index in [0.29, 0.717) is 23.8 Å². The fraction of sp³-hybridized carbons (Fsp3) is 0.538. The molecule has 0 bridgehead atoms. The average Bonchev–Trinajstić information content (AvgIpc) is 2.34. The lowest BCUT2D eigenvalue weighted by Crippen LogP contribution is -2.25. The van der Waals surface area contributed by atoms with E-state index in [9.17, 15) is 4.79 Å². The summed E-state index contributed by atoms with van der Waals surface area (Å²) in [6.45, 7) is 5.06. The van der Waals surface area contributed by atoms with Crippen molar-refractivity contribution in [3.05, 3.63) is 22.3 Å². The number of carbonyl (C=O) groups is 1. The average molecular weight is 314 g/mol. The second-order valence-electron chi connectivity index (χ2n) is 4.59. The lowest BCUT2D eigenvalue weighted by atomic mass is 10.1. The molecule has 0 saturated heterocycles. The van der Waals surface area contributed by atoms with Gasteiger partial charge in [-0.3, -0.25) is 4.79 Å². The third-order valence-electron chi connectivity index (χ3n) is 2.58. The fourth-order valence-electron chi connectivity index (χ4n) is 1.62. The number of hydrogen-bond donors (Lipinski definition) is 2. The van der Waals surface area contributed by atoms with Gasteiger partial charge >= 0.3 is 0 Å². The van der Waals surface area contributed by atoms with Gasteiger partial charge in [-0.15, -0.1) is 0 Å². The maximum atomic E-state index is 12.0. The Morgan fingerprint density at radius 3 is 2.83 bits per heavy atom. The summed E-state index contributed by atoms with van der Waals surface area (Å²) in [4.78, 5) is 16.2. The molecule has 0 aliphatic heterocycles. The number of aromatic nitrogens is 1. The first-order valence-electron chi connectivity index (χ1n) is 6.16. The Morgan fingerprint density at radius 1 is 1.50 bits per heavy atom. The highest BCUT2D eigenvalue weighted by atomic mass is 79.9. The topological polar surface area (TPSA) is 54.0 Å². The Hall–Kier alpha value is -1.10. The van der Waals surface area contributed by atoms with E-state index in [2.05, 4.69) is 45.4 Å². The summed E-state index contributed by atoms with van der Waals surface area (Å²) in [7, 11) is 1.76. The summed E-state index contributed by atoms with van der Waals surface area (Å²) in [5, 5.41) is 5.84. The van der Waals surface area contributed by atoms with Gasteiger partial charge < -0.3 is 10.6 Å². The maximum Gasteiger partial charge on any atom is 0.255 e. The van der Waals surface area contributed by atoms with Crippen molar-refractivity contribution < 1.29 is 4.79 Å². The molecule has 18 heavy (non-hydrogen) atoms. The summed E-state index contributed by atoms with van der Waals surface area (Å²) in [6.07, 6.45) is 3.79. The number of nitrogens with zero attached hydrogens (tertiary/aromatic N) is 1. The third-order valence-corrected chi connectivity index (χ3v) is 3.01. The number of nitrogens with one attached hydrogen (secondary N) is 2. The van der Waals surface area contributed by atoms with E-state index in [4.69, 9.17) is 0 Å². The van der Waals surface area contributed by atoms with Crippen LogP contribution in [0.4, 0.5) is 5.82 Å². The second-order valence-corrected chi connectivity index (χ2v) is 5.51. The minimum atomic E-state index is -0.0862. The van der Waals surface area contributed by atoms with Crippen molar-refractivity contribution in [3.8, 4) is 0 Å². The monoisotopic (exact) mass is 313 g/mol. The van der Waals surface area contributed by atoms with E-state index in [0.717, 1.165) is 17.3 Å². The summed E-state index contributed by atoms with van der Waals surface area (Å²) < 4.78 is 0.800. The molecular weight excluding hydrogens is 294 g/mol. The molecule has 1 aromatic heterocycles. The Bertz CT molecular complexity index is 407. The van der Waals surface area contributed by atoms with Gasteiger partial charge in [0.1, 0.15) is 5.82 Å². The Balaban J connectivity index is 2.58. The molecule has 0 unspecified atom stereocenters. The summed E-state index contributed by atoms with van der Waals surface area (Å²) >= 11 is 3.32. The number of halogens is 1. The number of hydrogen-bond acceptors (Lipinski definition) is 3. The maximum absolute atomic E-state index is 12.0. The van der Waals surface area contributed by atoms with Gasteiger partial charge in [-0.1, -0.05) is 13.8 Å². The molecule has 100 valence electrons. The van der Waals surface area contributed by atoms with Gasteiger partial charge in [-0.25, -0.2) is 4.98 Å². The van der Waals surface area contributed by atoms with Crippen LogP contribution in [0.25, 0.3) is 0 Å². The molecule has 5 heteroatoms. The minimum absolute atomic E-state index is 0.0862. The van der Waals surface area contributed by atoms with Crippen molar-refractivity contribution in [2.45, 2.75) is 26.7 Å². The van der Waals surface area contributed by atoms with Gasteiger partial charge in [0.05, 0.1) is 5.56 Å². The molecule has 2 N–H and O–H groups in total. The Labute approximate surface area is 117 Å². The lowest BCUT2D eigenvalue weighted by molar-refractivity contribution is 0.0953. The molecule has 0 atom stereocenters. The number of anilines is 1. The molecule has 1 heterocycles. The van der Waals surface area contributed by atoms with Crippen LogP contribution in [0.3, 0.4) is 0 Å². The Morgan fingerprint density at radius 2 is 2.22 bits per heavy atom. The zero-order valence-corrected chi connectivity index (χ0v) is 12.7. The summed E-state index contributed by atoms with van der Waals surface area (Å²) in [6, 6.07) is 1.77. The predicted molar refractivity (Wildman–Crippen MR) is 77.9 cm³/mol. The lowest BCUT2D eigenvalue weighted by Gasteiger charge is -2.10. The normalized spacial score (nSPS) is 10.5. The van der Waals surface area contributed by atoms with Crippen molar-refractivity contribution in [2.75, 3.05) is 18.9 Å². The van der Waals surface area contributed by atoms with Crippen LogP contribution in [0.2, 0.25) is 0 Å². The number of amides is 1. The van der Waals surface area contributed by atoms with Crippen LogP contribution in [-0.2, 0) is 0 Å².